The molecular formula is C18H20BrN3O2. The molecule has 3 amide bonds. The van der Waals surface area contributed by atoms with E-state index < -0.39 is 0 Å². The minimum Gasteiger partial charge on any atom is -0.345 e. The molecule has 126 valence electrons. The van der Waals surface area contributed by atoms with Crippen LogP contribution in [0.3, 0.4) is 0 Å². The van der Waals surface area contributed by atoms with Crippen molar-refractivity contribution >= 4 is 33.6 Å². The van der Waals surface area contributed by atoms with Crippen LogP contribution >= 0.6 is 15.9 Å². The Hall–Kier alpha value is -2.34. The first-order chi connectivity index (χ1) is 11.4. The van der Waals surface area contributed by atoms with Crippen LogP contribution in [0.15, 0.2) is 53.0 Å². The SMILES string of the molecule is CN(C)C(=O)c1cccc(NC(=O)N(C)Cc2ccc(Br)cc2)c1. The van der Waals surface area contributed by atoms with Gasteiger partial charge in [0.25, 0.3) is 5.91 Å². The molecule has 24 heavy (non-hydrogen) atoms. The highest BCUT2D eigenvalue weighted by Gasteiger charge is 2.12. The van der Waals surface area contributed by atoms with Crippen molar-refractivity contribution < 1.29 is 9.59 Å². The Kier molecular flexibility index (Phi) is 5.98. The van der Waals surface area contributed by atoms with Crippen molar-refractivity contribution in [3.05, 3.63) is 64.1 Å². The van der Waals surface area contributed by atoms with Crippen molar-refractivity contribution in [1.82, 2.24) is 9.80 Å². The fourth-order valence-corrected chi connectivity index (χ4v) is 2.41. The van der Waals surface area contributed by atoms with Crippen molar-refractivity contribution in [2.45, 2.75) is 6.54 Å². The summed E-state index contributed by atoms with van der Waals surface area (Å²) in [5, 5.41) is 2.81. The number of rotatable bonds is 4. The van der Waals surface area contributed by atoms with Crippen molar-refractivity contribution in [2.24, 2.45) is 0 Å². The fourth-order valence-electron chi connectivity index (χ4n) is 2.14. The van der Waals surface area contributed by atoms with E-state index in [-0.39, 0.29) is 11.9 Å². The van der Waals surface area contributed by atoms with Crippen LogP contribution in [0.5, 0.6) is 0 Å². The predicted molar refractivity (Wildman–Crippen MR) is 99.1 cm³/mol. The highest BCUT2D eigenvalue weighted by molar-refractivity contribution is 9.10. The van der Waals surface area contributed by atoms with Gasteiger partial charge < -0.3 is 15.1 Å². The largest absolute Gasteiger partial charge is 0.345 e. The van der Waals surface area contributed by atoms with Crippen LogP contribution in [0, 0.1) is 0 Å². The van der Waals surface area contributed by atoms with Crippen LogP contribution in [-0.4, -0.2) is 42.9 Å². The smallest absolute Gasteiger partial charge is 0.321 e. The van der Waals surface area contributed by atoms with Gasteiger partial charge in [-0.15, -0.1) is 0 Å². The van der Waals surface area contributed by atoms with Crippen molar-refractivity contribution in [3.8, 4) is 0 Å². The third kappa shape index (κ3) is 4.83. The van der Waals surface area contributed by atoms with Crippen molar-refractivity contribution in [2.75, 3.05) is 26.5 Å². The summed E-state index contributed by atoms with van der Waals surface area (Å²) in [7, 11) is 5.12. The molecule has 0 aliphatic heterocycles. The standard InChI is InChI=1S/C18H20BrN3O2/c1-21(2)17(23)14-5-4-6-16(11-14)20-18(24)22(3)12-13-7-9-15(19)10-8-13/h4-11H,12H2,1-3H3,(H,20,24). The molecule has 2 aromatic carbocycles. The molecule has 0 fully saturated rings. The lowest BCUT2D eigenvalue weighted by molar-refractivity contribution is 0.0827. The number of nitrogens with zero attached hydrogens (tertiary/aromatic N) is 2. The second kappa shape index (κ2) is 7.97. The summed E-state index contributed by atoms with van der Waals surface area (Å²) in [4.78, 5) is 27.4. The van der Waals surface area contributed by atoms with E-state index in [4.69, 9.17) is 0 Å². The summed E-state index contributed by atoms with van der Waals surface area (Å²) >= 11 is 3.39. The third-order valence-electron chi connectivity index (χ3n) is 3.45. The van der Waals surface area contributed by atoms with E-state index in [0.29, 0.717) is 17.8 Å². The maximum Gasteiger partial charge on any atom is 0.321 e. The van der Waals surface area contributed by atoms with Gasteiger partial charge in [-0.1, -0.05) is 34.1 Å². The number of halogens is 1. The summed E-state index contributed by atoms with van der Waals surface area (Å²) < 4.78 is 1.00. The number of carbonyl (C=O) groups is 2. The number of anilines is 1. The molecule has 0 unspecified atom stereocenters. The third-order valence-corrected chi connectivity index (χ3v) is 3.98. The number of urea groups is 1. The fraction of sp³-hybridized carbons (Fsp3) is 0.222. The molecule has 0 spiro atoms. The van der Waals surface area contributed by atoms with Crippen LogP contribution in [0.1, 0.15) is 15.9 Å². The Morgan fingerprint density at radius 2 is 1.71 bits per heavy atom. The molecule has 5 nitrogen and oxygen atoms in total. The van der Waals surface area contributed by atoms with Crippen LogP contribution in [0.4, 0.5) is 10.5 Å². The molecule has 6 heteroatoms. The van der Waals surface area contributed by atoms with E-state index in [9.17, 15) is 9.59 Å². The number of nitrogens with one attached hydrogen (secondary N) is 1. The minimum absolute atomic E-state index is 0.102. The normalized spacial score (nSPS) is 10.2. The lowest BCUT2D eigenvalue weighted by atomic mass is 10.2. The van der Waals surface area contributed by atoms with Gasteiger partial charge in [-0.3, -0.25) is 4.79 Å². The number of carbonyl (C=O) groups excluding carboxylic acids is 2. The van der Waals surface area contributed by atoms with Crippen LogP contribution < -0.4 is 5.32 Å². The highest BCUT2D eigenvalue weighted by atomic mass is 79.9. The summed E-state index contributed by atoms with van der Waals surface area (Å²) in [5.74, 6) is -0.102. The molecule has 0 saturated carbocycles. The maximum atomic E-state index is 12.3. The van der Waals surface area contributed by atoms with Gasteiger partial charge in [0.15, 0.2) is 0 Å². The van der Waals surface area contributed by atoms with Gasteiger partial charge in [-0.25, -0.2) is 4.79 Å². The first-order valence-corrected chi connectivity index (χ1v) is 8.24. The topological polar surface area (TPSA) is 52.7 Å². The molecule has 0 aliphatic carbocycles. The first-order valence-electron chi connectivity index (χ1n) is 7.45. The molecule has 0 radical (unpaired) electrons. The van der Waals surface area contributed by atoms with Gasteiger partial charge in [-0.05, 0) is 35.9 Å². The Balaban J connectivity index is 2.02. The zero-order valence-electron chi connectivity index (χ0n) is 13.9. The Morgan fingerprint density at radius 3 is 2.33 bits per heavy atom. The number of benzene rings is 2. The summed E-state index contributed by atoms with van der Waals surface area (Å²) in [6, 6.07) is 14.5. The molecule has 0 saturated heterocycles. The quantitative estimate of drug-likeness (QED) is 0.863. The number of hydrogen-bond acceptors (Lipinski definition) is 2. The van der Waals surface area contributed by atoms with Gasteiger partial charge in [0.2, 0.25) is 0 Å². The second-order valence-electron chi connectivity index (χ2n) is 5.69. The Morgan fingerprint density at radius 1 is 1.04 bits per heavy atom. The van der Waals surface area contributed by atoms with Crippen LogP contribution in [0.25, 0.3) is 0 Å². The first kappa shape index (κ1) is 18.0. The van der Waals surface area contributed by atoms with Gasteiger partial charge in [0, 0.05) is 43.4 Å². The number of amides is 3. The van der Waals surface area contributed by atoms with E-state index in [2.05, 4.69) is 21.2 Å². The van der Waals surface area contributed by atoms with Crippen LogP contribution in [0.2, 0.25) is 0 Å². The molecule has 2 rings (SSSR count). The lowest BCUT2D eigenvalue weighted by Crippen LogP contribution is -2.31. The summed E-state index contributed by atoms with van der Waals surface area (Å²) in [6.07, 6.45) is 0. The minimum atomic E-state index is -0.229. The zero-order chi connectivity index (χ0) is 17.7. The molecule has 0 bridgehead atoms. The lowest BCUT2D eigenvalue weighted by Gasteiger charge is -2.18. The Bertz CT molecular complexity index is 729. The monoisotopic (exact) mass is 389 g/mol. The molecule has 0 aliphatic rings. The second-order valence-corrected chi connectivity index (χ2v) is 6.61. The molecule has 0 atom stereocenters. The predicted octanol–water partition coefficient (Wildman–Crippen LogP) is 3.81. The van der Waals surface area contributed by atoms with E-state index in [1.165, 1.54) is 4.90 Å². The van der Waals surface area contributed by atoms with E-state index in [1.54, 1.807) is 50.3 Å². The van der Waals surface area contributed by atoms with Crippen molar-refractivity contribution in [3.63, 3.8) is 0 Å². The van der Waals surface area contributed by atoms with E-state index >= 15 is 0 Å². The van der Waals surface area contributed by atoms with E-state index in [1.807, 2.05) is 24.3 Å². The maximum absolute atomic E-state index is 12.3. The summed E-state index contributed by atoms with van der Waals surface area (Å²) in [5.41, 5.74) is 2.16. The highest BCUT2D eigenvalue weighted by Crippen LogP contribution is 2.14. The summed E-state index contributed by atoms with van der Waals surface area (Å²) in [6.45, 7) is 0.495. The van der Waals surface area contributed by atoms with Gasteiger partial charge >= 0.3 is 6.03 Å². The average molecular weight is 390 g/mol. The molecule has 2 aromatic rings. The Labute approximate surface area is 150 Å². The molecule has 1 N–H and O–H groups in total. The van der Waals surface area contributed by atoms with Gasteiger partial charge in [0.1, 0.15) is 0 Å². The van der Waals surface area contributed by atoms with Crippen LogP contribution in [-0.2, 0) is 6.54 Å². The number of hydrogen-bond donors (Lipinski definition) is 1. The van der Waals surface area contributed by atoms with Crippen molar-refractivity contribution in [1.29, 1.82) is 0 Å². The average Bonchev–Trinajstić information content (AvgIpc) is 2.56. The zero-order valence-corrected chi connectivity index (χ0v) is 15.5. The van der Waals surface area contributed by atoms with Gasteiger partial charge in [0.05, 0.1) is 0 Å². The molecule has 0 heterocycles. The molecule has 0 aromatic heterocycles. The van der Waals surface area contributed by atoms with E-state index in [0.717, 1.165) is 10.0 Å². The van der Waals surface area contributed by atoms with Gasteiger partial charge in [-0.2, -0.15) is 0 Å². The molecular weight excluding hydrogens is 370 g/mol.